The summed E-state index contributed by atoms with van der Waals surface area (Å²) in [6.07, 6.45) is 1.37. The van der Waals surface area contributed by atoms with Gasteiger partial charge in [0.1, 0.15) is 11.3 Å². The van der Waals surface area contributed by atoms with Crippen LogP contribution in [-0.2, 0) is 7.05 Å². The number of nitrogens with zero attached hydrogens (tertiary/aromatic N) is 3. The van der Waals surface area contributed by atoms with Crippen LogP contribution in [0.25, 0.3) is 16.7 Å². The number of aromatic amines is 1. The van der Waals surface area contributed by atoms with Gasteiger partial charge >= 0.3 is 5.69 Å². The molecule has 0 atom stereocenters. The van der Waals surface area contributed by atoms with Crippen LogP contribution in [0, 0.1) is 22.9 Å². The van der Waals surface area contributed by atoms with Crippen molar-refractivity contribution in [3.8, 4) is 5.69 Å². The van der Waals surface area contributed by atoms with E-state index in [0.717, 1.165) is 16.7 Å². The molecule has 0 saturated heterocycles. The van der Waals surface area contributed by atoms with Crippen molar-refractivity contribution in [3.63, 3.8) is 0 Å². The SMILES string of the molecule is Cc1ccc([N+](=O)[O-])cc1NC(=O)c1cn(C)c2c(=O)n(-c3ccc(F)cc3)c(=O)[nH]c12. The molecule has 0 fully saturated rings. The van der Waals surface area contributed by atoms with E-state index in [0.29, 0.717) is 5.56 Å². The van der Waals surface area contributed by atoms with Gasteiger partial charge in [-0.3, -0.25) is 19.7 Å². The molecule has 4 rings (SSSR count). The van der Waals surface area contributed by atoms with E-state index < -0.39 is 27.9 Å². The molecule has 0 bridgehead atoms. The van der Waals surface area contributed by atoms with E-state index >= 15 is 0 Å². The Morgan fingerprint density at radius 3 is 2.50 bits per heavy atom. The first-order chi connectivity index (χ1) is 15.2. The fourth-order valence-corrected chi connectivity index (χ4v) is 3.42. The zero-order valence-corrected chi connectivity index (χ0v) is 16.9. The van der Waals surface area contributed by atoms with Gasteiger partial charge in [-0.1, -0.05) is 6.07 Å². The molecular formula is C21H16FN5O5. The minimum Gasteiger partial charge on any atom is -0.344 e. The fraction of sp³-hybridized carbons (Fsp3) is 0.0952. The first-order valence-electron chi connectivity index (χ1n) is 9.34. The topological polar surface area (TPSA) is 132 Å². The molecule has 10 nitrogen and oxygen atoms in total. The lowest BCUT2D eigenvalue weighted by atomic mass is 10.1. The minimum atomic E-state index is -0.805. The molecule has 0 spiro atoms. The summed E-state index contributed by atoms with van der Waals surface area (Å²) in [6.45, 7) is 1.67. The Hall–Kier alpha value is -4.54. The molecule has 0 aliphatic rings. The molecule has 2 aromatic carbocycles. The summed E-state index contributed by atoms with van der Waals surface area (Å²) >= 11 is 0. The number of halogens is 1. The number of anilines is 1. The van der Waals surface area contributed by atoms with E-state index in [1.807, 2.05) is 0 Å². The first kappa shape index (κ1) is 20.7. The molecule has 0 aliphatic heterocycles. The van der Waals surface area contributed by atoms with Crippen LogP contribution in [0.1, 0.15) is 15.9 Å². The van der Waals surface area contributed by atoms with E-state index in [1.54, 1.807) is 6.92 Å². The van der Waals surface area contributed by atoms with Crippen LogP contribution in [0.3, 0.4) is 0 Å². The van der Waals surface area contributed by atoms with Crippen LogP contribution >= 0.6 is 0 Å². The summed E-state index contributed by atoms with van der Waals surface area (Å²) in [5, 5.41) is 13.6. The van der Waals surface area contributed by atoms with Crippen LogP contribution in [-0.4, -0.2) is 24.9 Å². The Kier molecular flexibility index (Phi) is 4.93. The maximum atomic E-state index is 13.2. The molecule has 162 valence electrons. The molecule has 32 heavy (non-hydrogen) atoms. The Bertz CT molecular complexity index is 1510. The van der Waals surface area contributed by atoms with Crippen molar-refractivity contribution in [1.82, 2.24) is 14.1 Å². The lowest BCUT2D eigenvalue weighted by Gasteiger charge is -2.08. The van der Waals surface area contributed by atoms with Crippen LogP contribution in [0.4, 0.5) is 15.8 Å². The Balaban J connectivity index is 1.82. The highest BCUT2D eigenvalue weighted by Gasteiger charge is 2.21. The molecular weight excluding hydrogens is 421 g/mol. The number of nitro benzene ring substituents is 1. The van der Waals surface area contributed by atoms with Gasteiger partial charge in [-0.2, -0.15) is 0 Å². The summed E-state index contributed by atoms with van der Waals surface area (Å²) in [7, 11) is 1.53. The number of nitro groups is 1. The van der Waals surface area contributed by atoms with Crippen LogP contribution in [0.5, 0.6) is 0 Å². The van der Waals surface area contributed by atoms with Gasteiger partial charge in [0.2, 0.25) is 0 Å². The minimum absolute atomic E-state index is 0.00821. The second kappa shape index (κ2) is 7.61. The van der Waals surface area contributed by atoms with Gasteiger partial charge in [-0.15, -0.1) is 0 Å². The number of hydrogen-bond donors (Lipinski definition) is 2. The van der Waals surface area contributed by atoms with Gasteiger partial charge < -0.3 is 14.9 Å². The molecule has 0 unspecified atom stereocenters. The number of aromatic nitrogens is 3. The molecule has 2 N–H and O–H groups in total. The second-order valence-electron chi connectivity index (χ2n) is 7.13. The summed E-state index contributed by atoms with van der Waals surface area (Å²) in [5.41, 5.74) is -0.632. The number of rotatable bonds is 4. The van der Waals surface area contributed by atoms with Crippen molar-refractivity contribution in [2.75, 3.05) is 5.32 Å². The van der Waals surface area contributed by atoms with E-state index in [4.69, 9.17) is 0 Å². The lowest BCUT2D eigenvalue weighted by Crippen LogP contribution is -2.34. The molecule has 0 radical (unpaired) electrons. The molecule has 0 saturated carbocycles. The van der Waals surface area contributed by atoms with E-state index in [-0.39, 0.29) is 33.7 Å². The van der Waals surface area contributed by atoms with Crippen molar-refractivity contribution in [1.29, 1.82) is 0 Å². The highest BCUT2D eigenvalue weighted by atomic mass is 19.1. The predicted octanol–water partition coefficient (Wildman–Crippen LogP) is 2.63. The van der Waals surface area contributed by atoms with Crippen molar-refractivity contribution >= 4 is 28.3 Å². The number of nitrogens with one attached hydrogen (secondary N) is 2. The number of amides is 1. The Labute approximate surface area is 178 Å². The van der Waals surface area contributed by atoms with Gasteiger partial charge in [-0.05, 0) is 36.8 Å². The third kappa shape index (κ3) is 3.45. The zero-order chi connectivity index (χ0) is 23.2. The molecule has 0 aliphatic carbocycles. The number of benzene rings is 2. The van der Waals surface area contributed by atoms with Gasteiger partial charge in [0.15, 0.2) is 0 Å². The lowest BCUT2D eigenvalue weighted by molar-refractivity contribution is -0.384. The molecule has 1 amide bonds. The quantitative estimate of drug-likeness (QED) is 0.374. The van der Waals surface area contributed by atoms with Crippen LogP contribution in [0.2, 0.25) is 0 Å². The molecule has 2 heterocycles. The Morgan fingerprint density at radius 1 is 1.16 bits per heavy atom. The smallest absolute Gasteiger partial charge is 0.333 e. The number of carbonyl (C=O) groups is 1. The van der Waals surface area contributed by atoms with E-state index in [1.165, 1.54) is 48.1 Å². The average Bonchev–Trinajstić information content (AvgIpc) is 3.07. The number of hydrogen-bond acceptors (Lipinski definition) is 5. The van der Waals surface area contributed by atoms with Crippen LogP contribution in [0.15, 0.2) is 58.3 Å². The summed E-state index contributed by atoms with van der Waals surface area (Å²) in [6, 6.07) is 8.87. The largest absolute Gasteiger partial charge is 0.344 e. The van der Waals surface area contributed by atoms with Crippen molar-refractivity contribution < 1.29 is 14.1 Å². The summed E-state index contributed by atoms with van der Waals surface area (Å²) in [4.78, 5) is 51.6. The van der Waals surface area contributed by atoms with Gasteiger partial charge in [0.05, 0.1) is 27.4 Å². The van der Waals surface area contributed by atoms with Gasteiger partial charge in [-0.25, -0.2) is 13.8 Å². The molecule has 4 aromatic rings. The van der Waals surface area contributed by atoms with Crippen molar-refractivity contribution in [2.24, 2.45) is 7.05 Å². The maximum Gasteiger partial charge on any atom is 0.333 e. The van der Waals surface area contributed by atoms with Gasteiger partial charge in [0, 0.05) is 25.4 Å². The highest BCUT2D eigenvalue weighted by molar-refractivity contribution is 6.12. The number of fused-ring (bicyclic) bond motifs is 1. The third-order valence-corrected chi connectivity index (χ3v) is 5.03. The number of H-pyrrole nitrogens is 1. The summed E-state index contributed by atoms with van der Waals surface area (Å²) in [5.74, 6) is -1.18. The summed E-state index contributed by atoms with van der Waals surface area (Å²) < 4.78 is 15.5. The average molecular weight is 437 g/mol. The molecule has 11 heteroatoms. The van der Waals surface area contributed by atoms with E-state index in [9.17, 15) is 28.9 Å². The van der Waals surface area contributed by atoms with Crippen LogP contribution < -0.4 is 16.6 Å². The number of carbonyl (C=O) groups excluding carboxylic acids is 1. The molecule has 2 aromatic heterocycles. The van der Waals surface area contributed by atoms with Crippen molar-refractivity contribution in [2.45, 2.75) is 6.92 Å². The predicted molar refractivity (Wildman–Crippen MR) is 115 cm³/mol. The maximum absolute atomic E-state index is 13.2. The fourth-order valence-electron chi connectivity index (χ4n) is 3.42. The number of aryl methyl sites for hydroxylation is 2. The highest BCUT2D eigenvalue weighted by Crippen LogP contribution is 2.24. The monoisotopic (exact) mass is 437 g/mol. The zero-order valence-electron chi connectivity index (χ0n) is 16.9. The first-order valence-corrected chi connectivity index (χ1v) is 9.34. The third-order valence-electron chi connectivity index (χ3n) is 5.03. The van der Waals surface area contributed by atoms with E-state index in [2.05, 4.69) is 10.3 Å². The number of non-ortho nitro benzene ring substituents is 1. The Morgan fingerprint density at radius 2 is 1.84 bits per heavy atom. The van der Waals surface area contributed by atoms with Gasteiger partial charge in [0.25, 0.3) is 17.2 Å². The van der Waals surface area contributed by atoms with Crippen molar-refractivity contribution in [3.05, 3.63) is 96.6 Å². The normalized spacial score (nSPS) is 11.0. The second-order valence-corrected chi connectivity index (χ2v) is 7.13. The standard InChI is InChI=1S/C21H16FN5O5/c1-11-3-6-14(27(31)32)9-16(11)23-19(28)15-10-25(2)18-17(15)24-21(30)26(20(18)29)13-7-4-12(22)5-8-13/h3-10H,1-2H3,(H,23,28)(H,24,30).